The monoisotopic (exact) mass is 514 g/mol. The van der Waals surface area contributed by atoms with Gasteiger partial charge in [-0.1, -0.05) is 56.3 Å². The lowest BCUT2D eigenvalue weighted by Gasteiger charge is -2.27. The fourth-order valence-corrected chi connectivity index (χ4v) is 3.54. The van der Waals surface area contributed by atoms with Gasteiger partial charge in [0.1, 0.15) is 29.9 Å². The first-order valence-corrected chi connectivity index (χ1v) is 11.8. The highest BCUT2D eigenvalue weighted by molar-refractivity contribution is 5.94. The summed E-state index contributed by atoms with van der Waals surface area (Å²) >= 11 is 0. The number of aliphatic hydroxyl groups is 1. The maximum Gasteiger partial charge on any atom is 0.326 e. The van der Waals surface area contributed by atoms with Crippen molar-refractivity contribution >= 4 is 23.7 Å². The first kappa shape index (κ1) is 29.3. The molecule has 0 aliphatic rings. The number of amides is 3. The zero-order chi connectivity index (χ0) is 27.5. The molecule has 11 heteroatoms. The molecule has 0 heterocycles. The van der Waals surface area contributed by atoms with Gasteiger partial charge in [0, 0.05) is 12.8 Å². The molecule has 0 fully saturated rings. The average molecular weight is 515 g/mol. The van der Waals surface area contributed by atoms with E-state index in [0.717, 1.165) is 5.56 Å². The summed E-state index contributed by atoms with van der Waals surface area (Å²) in [5.41, 5.74) is 6.90. The largest absolute Gasteiger partial charge is 0.508 e. The Kier molecular flexibility index (Phi) is 11.0. The van der Waals surface area contributed by atoms with Crippen LogP contribution in [0, 0.1) is 5.92 Å². The molecule has 0 aliphatic heterocycles. The predicted molar refractivity (Wildman–Crippen MR) is 135 cm³/mol. The van der Waals surface area contributed by atoms with Gasteiger partial charge in [-0.15, -0.1) is 0 Å². The average Bonchev–Trinajstić information content (AvgIpc) is 2.87. The van der Waals surface area contributed by atoms with Gasteiger partial charge in [0.2, 0.25) is 17.7 Å². The minimum atomic E-state index is -1.26. The number of carbonyl (C=O) groups excluding carboxylic acids is 3. The van der Waals surface area contributed by atoms with Crippen LogP contribution in [0.5, 0.6) is 5.75 Å². The summed E-state index contributed by atoms with van der Waals surface area (Å²) in [6.45, 7) is 2.74. The molecule has 0 bridgehead atoms. The maximum atomic E-state index is 13.2. The fourth-order valence-electron chi connectivity index (χ4n) is 3.54. The van der Waals surface area contributed by atoms with Crippen molar-refractivity contribution in [1.29, 1.82) is 0 Å². The van der Waals surface area contributed by atoms with Crippen LogP contribution in [0.4, 0.5) is 0 Å². The van der Waals surface area contributed by atoms with Crippen molar-refractivity contribution < 1.29 is 34.5 Å². The molecule has 8 N–H and O–H groups in total. The smallest absolute Gasteiger partial charge is 0.326 e. The van der Waals surface area contributed by atoms with Crippen molar-refractivity contribution in [3.05, 3.63) is 65.7 Å². The van der Waals surface area contributed by atoms with Gasteiger partial charge in [-0.25, -0.2) is 4.79 Å². The van der Waals surface area contributed by atoms with E-state index in [2.05, 4.69) is 16.0 Å². The number of carboxylic acid groups (broad SMARTS) is 1. The molecule has 4 atom stereocenters. The Labute approximate surface area is 215 Å². The molecule has 2 rings (SSSR count). The number of aliphatic hydroxyl groups excluding tert-OH is 1. The molecule has 0 aliphatic carbocycles. The van der Waals surface area contributed by atoms with Crippen molar-refractivity contribution in [1.82, 2.24) is 16.0 Å². The molecular weight excluding hydrogens is 480 g/mol. The van der Waals surface area contributed by atoms with E-state index >= 15 is 0 Å². The van der Waals surface area contributed by atoms with E-state index in [0.29, 0.717) is 5.56 Å². The lowest BCUT2D eigenvalue weighted by atomic mass is 9.99. The summed E-state index contributed by atoms with van der Waals surface area (Å²) in [5.74, 6) is -3.76. The van der Waals surface area contributed by atoms with E-state index in [1.165, 1.54) is 12.1 Å². The summed E-state index contributed by atoms with van der Waals surface area (Å²) in [7, 11) is 0. The highest BCUT2D eigenvalue weighted by atomic mass is 16.4. The topological polar surface area (TPSA) is 191 Å². The number of carboxylic acids is 1. The van der Waals surface area contributed by atoms with Crippen molar-refractivity contribution in [2.75, 3.05) is 6.61 Å². The molecule has 0 saturated heterocycles. The minimum Gasteiger partial charge on any atom is -0.508 e. The van der Waals surface area contributed by atoms with Gasteiger partial charge >= 0.3 is 5.97 Å². The Morgan fingerprint density at radius 3 is 1.86 bits per heavy atom. The van der Waals surface area contributed by atoms with E-state index in [1.807, 2.05) is 0 Å². The van der Waals surface area contributed by atoms with Crippen molar-refractivity contribution in [2.24, 2.45) is 11.7 Å². The Balaban J connectivity index is 2.19. The van der Waals surface area contributed by atoms with Crippen LogP contribution in [0.25, 0.3) is 0 Å². The van der Waals surface area contributed by atoms with Crippen molar-refractivity contribution in [2.45, 2.75) is 50.9 Å². The molecule has 4 unspecified atom stereocenters. The van der Waals surface area contributed by atoms with E-state index < -0.39 is 60.4 Å². The molecule has 200 valence electrons. The Morgan fingerprint density at radius 1 is 0.784 bits per heavy atom. The molecule has 37 heavy (non-hydrogen) atoms. The quantitative estimate of drug-likeness (QED) is 0.189. The van der Waals surface area contributed by atoms with Crippen molar-refractivity contribution in [3.63, 3.8) is 0 Å². The lowest BCUT2D eigenvalue weighted by molar-refractivity contribution is -0.142. The number of hydrogen-bond acceptors (Lipinski definition) is 7. The van der Waals surface area contributed by atoms with E-state index in [9.17, 15) is 34.5 Å². The third kappa shape index (κ3) is 9.21. The molecule has 3 amide bonds. The second kappa shape index (κ2) is 14.0. The lowest BCUT2D eigenvalue weighted by Crippen LogP contribution is -2.59. The molecule has 0 aromatic heterocycles. The highest BCUT2D eigenvalue weighted by Crippen LogP contribution is 2.13. The van der Waals surface area contributed by atoms with Crippen LogP contribution in [0.3, 0.4) is 0 Å². The summed E-state index contributed by atoms with van der Waals surface area (Å²) in [5, 5.41) is 35.9. The number of phenols is 1. The molecule has 2 aromatic carbocycles. The number of nitrogens with one attached hydrogen (secondary N) is 3. The van der Waals surface area contributed by atoms with Gasteiger partial charge in [0.25, 0.3) is 0 Å². The van der Waals surface area contributed by atoms with Gasteiger partial charge in [-0.2, -0.15) is 0 Å². The van der Waals surface area contributed by atoms with Gasteiger partial charge in [0.05, 0.1) is 6.61 Å². The number of aliphatic carboxylic acids is 1. The van der Waals surface area contributed by atoms with E-state index in [-0.39, 0.29) is 18.6 Å². The van der Waals surface area contributed by atoms with Crippen LogP contribution < -0.4 is 21.7 Å². The summed E-state index contributed by atoms with van der Waals surface area (Å²) in [4.78, 5) is 50.4. The number of phenolic OH excluding ortho intramolecular Hbond substituents is 1. The molecule has 0 radical (unpaired) electrons. The van der Waals surface area contributed by atoms with Gasteiger partial charge in [0.15, 0.2) is 0 Å². The predicted octanol–water partition coefficient (Wildman–Crippen LogP) is -0.308. The molecule has 2 aromatic rings. The number of hydrogen-bond donors (Lipinski definition) is 7. The number of benzene rings is 2. The van der Waals surface area contributed by atoms with Crippen LogP contribution in [0.1, 0.15) is 25.0 Å². The zero-order valence-electron chi connectivity index (χ0n) is 20.8. The standard InChI is InChI=1S/C26H34N4O7/c1-15(2)22(25(35)29-21(26(36)37)13-16-6-4-3-5-7-16)30-24(34)20(28-23(33)19(27)14-31)12-17-8-10-18(32)11-9-17/h3-11,15,19-22,31-32H,12-14,27H2,1-2H3,(H,28,33)(H,29,35)(H,30,34)(H,36,37). The van der Waals surface area contributed by atoms with Crippen LogP contribution in [-0.2, 0) is 32.0 Å². The van der Waals surface area contributed by atoms with Gasteiger partial charge in [-0.3, -0.25) is 14.4 Å². The molecule has 0 spiro atoms. The number of nitrogens with two attached hydrogens (primary N) is 1. The fraction of sp³-hybridized carbons (Fsp3) is 0.385. The number of aromatic hydroxyl groups is 1. The summed E-state index contributed by atoms with van der Waals surface area (Å²) < 4.78 is 0. The van der Waals surface area contributed by atoms with E-state index in [1.54, 1.807) is 56.3 Å². The third-order valence-electron chi connectivity index (χ3n) is 5.69. The Morgan fingerprint density at radius 2 is 1.32 bits per heavy atom. The van der Waals surface area contributed by atoms with Crippen molar-refractivity contribution in [3.8, 4) is 5.75 Å². The second-order valence-corrected chi connectivity index (χ2v) is 9.04. The third-order valence-corrected chi connectivity index (χ3v) is 5.69. The Bertz CT molecular complexity index is 1060. The second-order valence-electron chi connectivity index (χ2n) is 9.04. The zero-order valence-corrected chi connectivity index (χ0v) is 20.8. The molecule has 0 saturated carbocycles. The maximum absolute atomic E-state index is 13.2. The van der Waals surface area contributed by atoms with Gasteiger partial charge < -0.3 is 37.0 Å². The number of carbonyl (C=O) groups is 4. The summed E-state index contributed by atoms with van der Waals surface area (Å²) in [6, 6.07) is 10.1. The summed E-state index contributed by atoms with van der Waals surface area (Å²) in [6.07, 6.45) is 0.0629. The van der Waals surface area contributed by atoms with Crippen LogP contribution in [0.15, 0.2) is 54.6 Å². The molecular formula is C26H34N4O7. The first-order valence-electron chi connectivity index (χ1n) is 11.8. The van der Waals surface area contributed by atoms with Gasteiger partial charge in [-0.05, 0) is 29.2 Å². The van der Waals surface area contributed by atoms with Crippen LogP contribution >= 0.6 is 0 Å². The molecule has 11 nitrogen and oxygen atoms in total. The normalized spacial score (nSPS) is 14.2. The Hall–Kier alpha value is -3.96. The minimum absolute atomic E-state index is 0.00813. The van der Waals surface area contributed by atoms with Crippen LogP contribution in [0.2, 0.25) is 0 Å². The van der Waals surface area contributed by atoms with E-state index in [4.69, 9.17) is 5.73 Å². The number of rotatable bonds is 13. The van der Waals surface area contributed by atoms with Crippen LogP contribution in [-0.4, -0.2) is 69.8 Å². The first-order chi connectivity index (χ1) is 17.5. The highest BCUT2D eigenvalue weighted by Gasteiger charge is 2.32. The SMILES string of the molecule is CC(C)C(NC(=O)C(Cc1ccc(O)cc1)NC(=O)C(N)CO)C(=O)NC(Cc1ccccc1)C(=O)O.